The van der Waals surface area contributed by atoms with Gasteiger partial charge in [-0.25, -0.2) is 4.98 Å². The van der Waals surface area contributed by atoms with Crippen LogP contribution in [0.3, 0.4) is 0 Å². The van der Waals surface area contributed by atoms with Crippen molar-refractivity contribution in [3.8, 4) is 17.2 Å². The molecule has 0 bridgehead atoms. The molecule has 2 aromatic carbocycles. The van der Waals surface area contributed by atoms with Crippen LogP contribution in [0.4, 0.5) is 5.13 Å². The number of methoxy groups -OCH3 is 3. The van der Waals surface area contributed by atoms with Crippen LogP contribution in [0.25, 0.3) is 21.1 Å². The molecule has 3 N–H and O–H groups in total. The molecule has 10 heteroatoms. The van der Waals surface area contributed by atoms with Gasteiger partial charge in [0.15, 0.2) is 16.6 Å². The van der Waals surface area contributed by atoms with Gasteiger partial charge in [-0.2, -0.15) is 0 Å². The number of ether oxygens (including phenoxy) is 3. The van der Waals surface area contributed by atoms with Crippen LogP contribution in [-0.4, -0.2) is 49.2 Å². The Bertz CT molecular complexity index is 1280. The number of fused-ring (bicyclic) bond motifs is 2. The van der Waals surface area contributed by atoms with Crippen molar-refractivity contribution in [3.63, 3.8) is 0 Å². The summed E-state index contributed by atoms with van der Waals surface area (Å²) in [5, 5.41) is 6.63. The van der Waals surface area contributed by atoms with Crippen LogP contribution in [0.15, 0.2) is 36.4 Å². The number of H-pyrrole nitrogens is 1. The fourth-order valence-corrected chi connectivity index (χ4v) is 4.21. The molecule has 2 amide bonds. The summed E-state index contributed by atoms with van der Waals surface area (Å²) in [5.41, 5.74) is 1.66. The third kappa shape index (κ3) is 3.92. The van der Waals surface area contributed by atoms with Crippen LogP contribution in [0, 0.1) is 0 Å². The first-order valence-electron chi connectivity index (χ1n) is 9.74. The number of aromatic amines is 1. The van der Waals surface area contributed by atoms with Gasteiger partial charge < -0.3 is 29.8 Å². The molecule has 0 spiro atoms. The summed E-state index contributed by atoms with van der Waals surface area (Å²) >= 11 is 1.37. The van der Waals surface area contributed by atoms with Gasteiger partial charge >= 0.3 is 0 Å². The Balaban J connectivity index is 1.51. The smallest absolute Gasteiger partial charge is 0.268 e. The number of carbonyl (C=O) groups is 2. The van der Waals surface area contributed by atoms with Gasteiger partial charge in [-0.3, -0.25) is 9.59 Å². The molecule has 0 saturated carbocycles. The van der Waals surface area contributed by atoms with Gasteiger partial charge in [0.2, 0.25) is 11.7 Å². The second-order valence-corrected chi connectivity index (χ2v) is 7.99. The summed E-state index contributed by atoms with van der Waals surface area (Å²) in [5.74, 6) is 0.511. The summed E-state index contributed by atoms with van der Waals surface area (Å²) in [6, 6.07) is 10.2. The summed E-state index contributed by atoms with van der Waals surface area (Å²) < 4.78 is 17.2. The molecule has 1 atom stereocenters. The maximum atomic E-state index is 12.8. The molecule has 166 valence electrons. The molecule has 2 heterocycles. The molecule has 0 fully saturated rings. The van der Waals surface area contributed by atoms with Crippen LogP contribution < -0.4 is 24.8 Å². The van der Waals surface area contributed by atoms with Crippen molar-refractivity contribution in [2.45, 2.75) is 13.0 Å². The van der Waals surface area contributed by atoms with Crippen molar-refractivity contribution in [1.82, 2.24) is 15.3 Å². The zero-order valence-corrected chi connectivity index (χ0v) is 18.8. The van der Waals surface area contributed by atoms with Gasteiger partial charge in [0, 0.05) is 5.39 Å². The fraction of sp³-hybridized carbons (Fsp3) is 0.227. The van der Waals surface area contributed by atoms with E-state index in [4.69, 9.17) is 14.2 Å². The predicted molar refractivity (Wildman–Crippen MR) is 123 cm³/mol. The van der Waals surface area contributed by atoms with E-state index in [0.29, 0.717) is 33.3 Å². The van der Waals surface area contributed by atoms with Gasteiger partial charge in [0.1, 0.15) is 11.7 Å². The number of thiazole rings is 1. The number of benzene rings is 2. The lowest BCUT2D eigenvalue weighted by atomic mass is 10.2. The first kappa shape index (κ1) is 21.4. The molecule has 0 saturated heterocycles. The third-order valence-corrected chi connectivity index (χ3v) is 5.88. The summed E-state index contributed by atoms with van der Waals surface area (Å²) in [4.78, 5) is 32.8. The van der Waals surface area contributed by atoms with E-state index >= 15 is 0 Å². The molecular formula is C22H22N4O5S. The highest BCUT2D eigenvalue weighted by atomic mass is 32.1. The standard InChI is InChI=1S/C22H22N4O5S/c1-11(20(27)26-22-25-13-7-5-6-8-16(13)32-22)23-21(28)14-9-12-10-15(29-2)18(30-3)19(31-4)17(12)24-14/h5-11,24H,1-4H3,(H,23,28)(H,25,26,27)/t11-/m0/s1. The van der Waals surface area contributed by atoms with E-state index in [9.17, 15) is 9.59 Å². The fourth-order valence-electron chi connectivity index (χ4n) is 3.35. The van der Waals surface area contributed by atoms with Crippen molar-refractivity contribution in [2.75, 3.05) is 26.6 Å². The zero-order valence-electron chi connectivity index (χ0n) is 17.9. The van der Waals surface area contributed by atoms with E-state index in [1.54, 1.807) is 19.1 Å². The normalized spacial score (nSPS) is 11.9. The summed E-state index contributed by atoms with van der Waals surface area (Å²) in [6.45, 7) is 1.61. The van der Waals surface area contributed by atoms with Gasteiger partial charge in [-0.1, -0.05) is 23.5 Å². The quantitative estimate of drug-likeness (QED) is 0.393. The van der Waals surface area contributed by atoms with E-state index in [2.05, 4.69) is 20.6 Å². The van der Waals surface area contributed by atoms with Crippen LogP contribution in [0.5, 0.6) is 17.2 Å². The predicted octanol–water partition coefficient (Wildman–Crippen LogP) is 3.56. The minimum absolute atomic E-state index is 0.272. The maximum absolute atomic E-state index is 12.8. The second-order valence-electron chi connectivity index (χ2n) is 6.96. The van der Waals surface area contributed by atoms with E-state index < -0.39 is 11.9 Å². The monoisotopic (exact) mass is 454 g/mol. The SMILES string of the molecule is COc1cc2cc(C(=O)N[C@@H](C)C(=O)Nc3nc4ccccc4s3)[nH]c2c(OC)c1OC. The average Bonchev–Trinajstić information content (AvgIpc) is 3.40. The van der Waals surface area contributed by atoms with E-state index in [-0.39, 0.29) is 11.6 Å². The third-order valence-electron chi connectivity index (χ3n) is 4.93. The molecule has 4 aromatic rings. The number of para-hydroxylation sites is 1. The van der Waals surface area contributed by atoms with Gasteiger partial charge in [0.25, 0.3) is 5.91 Å². The van der Waals surface area contributed by atoms with Gasteiger partial charge in [0.05, 0.1) is 37.1 Å². The number of amides is 2. The van der Waals surface area contributed by atoms with Crippen molar-refractivity contribution in [1.29, 1.82) is 0 Å². The molecule has 0 aliphatic carbocycles. The lowest BCUT2D eigenvalue weighted by Gasteiger charge is -2.13. The Labute approximate surface area is 187 Å². The van der Waals surface area contributed by atoms with Crippen LogP contribution in [0.2, 0.25) is 0 Å². The molecule has 0 unspecified atom stereocenters. The first-order chi connectivity index (χ1) is 15.4. The molecule has 0 radical (unpaired) electrons. The number of nitrogens with one attached hydrogen (secondary N) is 3. The first-order valence-corrected chi connectivity index (χ1v) is 10.6. The largest absolute Gasteiger partial charge is 0.493 e. The minimum Gasteiger partial charge on any atom is -0.493 e. The van der Waals surface area contributed by atoms with Gasteiger partial charge in [-0.05, 0) is 31.2 Å². The van der Waals surface area contributed by atoms with Crippen molar-refractivity contribution >= 4 is 49.4 Å². The van der Waals surface area contributed by atoms with E-state index in [0.717, 1.165) is 10.2 Å². The Morgan fingerprint density at radius 2 is 1.81 bits per heavy atom. The highest BCUT2D eigenvalue weighted by molar-refractivity contribution is 7.22. The molecule has 2 aromatic heterocycles. The minimum atomic E-state index is -0.785. The molecule has 0 aliphatic heterocycles. The Kier molecular flexibility index (Phi) is 5.87. The van der Waals surface area contributed by atoms with Crippen LogP contribution in [-0.2, 0) is 4.79 Å². The molecule has 9 nitrogen and oxygen atoms in total. The summed E-state index contributed by atoms with van der Waals surface area (Å²) in [7, 11) is 4.54. The number of anilines is 1. The molecule has 32 heavy (non-hydrogen) atoms. The number of carbonyl (C=O) groups excluding carboxylic acids is 2. The lowest BCUT2D eigenvalue weighted by molar-refractivity contribution is -0.117. The Hall–Kier alpha value is -3.79. The van der Waals surface area contributed by atoms with Crippen molar-refractivity contribution in [3.05, 3.63) is 42.1 Å². The molecule has 4 rings (SSSR count). The summed E-state index contributed by atoms with van der Waals surface area (Å²) in [6.07, 6.45) is 0. The van der Waals surface area contributed by atoms with E-state index in [1.165, 1.54) is 32.7 Å². The van der Waals surface area contributed by atoms with Crippen LogP contribution >= 0.6 is 11.3 Å². The molecule has 0 aliphatic rings. The molecular weight excluding hydrogens is 432 g/mol. The second kappa shape index (κ2) is 8.75. The van der Waals surface area contributed by atoms with Gasteiger partial charge in [-0.15, -0.1) is 0 Å². The Morgan fingerprint density at radius 3 is 2.50 bits per heavy atom. The highest BCUT2D eigenvalue weighted by Gasteiger charge is 2.22. The zero-order chi connectivity index (χ0) is 22.8. The number of nitrogens with zero attached hydrogens (tertiary/aromatic N) is 1. The van der Waals surface area contributed by atoms with Crippen molar-refractivity contribution in [2.24, 2.45) is 0 Å². The topological polar surface area (TPSA) is 115 Å². The average molecular weight is 455 g/mol. The Morgan fingerprint density at radius 1 is 1.06 bits per heavy atom. The number of hydrogen-bond acceptors (Lipinski definition) is 7. The number of aromatic nitrogens is 2. The highest BCUT2D eigenvalue weighted by Crippen LogP contribution is 2.43. The number of hydrogen-bond donors (Lipinski definition) is 3. The van der Waals surface area contributed by atoms with Crippen molar-refractivity contribution < 1.29 is 23.8 Å². The lowest BCUT2D eigenvalue weighted by Crippen LogP contribution is -2.41. The van der Waals surface area contributed by atoms with E-state index in [1.807, 2.05) is 24.3 Å². The maximum Gasteiger partial charge on any atom is 0.268 e. The van der Waals surface area contributed by atoms with Crippen LogP contribution in [0.1, 0.15) is 17.4 Å². The number of rotatable bonds is 7.